The summed E-state index contributed by atoms with van der Waals surface area (Å²) < 4.78 is 0. The molecule has 2 aliphatic rings. The number of β-lactam (4-membered cyclic amide) rings is 1. The van der Waals surface area contributed by atoms with E-state index >= 15 is 0 Å². The van der Waals surface area contributed by atoms with E-state index in [2.05, 4.69) is 0 Å². The number of fused-ring (bicyclic) bond motifs is 1. The monoisotopic (exact) mass is 177 g/mol. The number of hydrogen-bond acceptors (Lipinski definition) is 2. The SMILES string of the molecule is C/C=C1/C(=O)N2C=CS[C@H]12.[NaH]. The first kappa shape index (κ1) is 9.39. The van der Waals surface area contributed by atoms with Crippen LogP contribution in [0.3, 0.4) is 0 Å². The first-order valence-electron chi connectivity index (χ1n) is 3.15. The van der Waals surface area contributed by atoms with E-state index in [9.17, 15) is 4.79 Å². The van der Waals surface area contributed by atoms with Crippen molar-refractivity contribution in [1.29, 1.82) is 0 Å². The van der Waals surface area contributed by atoms with Gasteiger partial charge < -0.3 is 0 Å². The van der Waals surface area contributed by atoms with E-state index in [-0.39, 0.29) is 35.5 Å². The summed E-state index contributed by atoms with van der Waals surface area (Å²) in [4.78, 5) is 12.8. The van der Waals surface area contributed by atoms with Crippen LogP contribution in [0.1, 0.15) is 6.92 Å². The fourth-order valence-corrected chi connectivity index (χ4v) is 2.20. The third-order valence-corrected chi connectivity index (χ3v) is 2.76. The number of hydrogen-bond donors (Lipinski definition) is 0. The zero-order valence-electron chi connectivity index (χ0n) is 5.57. The van der Waals surface area contributed by atoms with Crippen LogP contribution in [0.5, 0.6) is 0 Å². The van der Waals surface area contributed by atoms with Gasteiger partial charge in [0, 0.05) is 11.8 Å². The Kier molecular flexibility index (Phi) is 2.86. The maximum absolute atomic E-state index is 11.1. The second kappa shape index (κ2) is 3.35. The van der Waals surface area contributed by atoms with Gasteiger partial charge in [0.2, 0.25) is 0 Å². The number of amides is 1. The Morgan fingerprint density at radius 1 is 1.73 bits per heavy atom. The molecule has 54 valence electrons. The molecule has 2 rings (SSSR count). The molecule has 1 amide bonds. The van der Waals surface area contributed by atoms with Crippen LogP contribution < -0.4 is 0 Å². The van der Waals surface area contributed by atoms with Crippen molar-refractivity contribution in [1.82, 2.24) is 4.90 Å². The number of carbonyl (C=O) groups excluding carboxylic acids is 1. The molecular formula is C7H8NNaOS. The summed E-state index contributed by atoms with van der Waals surface area (Å²) >= 11 is 1.68. The fourth-order valence-electron chi connectivity index (χ4n) is 1.17. The minimum atomic E-state index is 0. The maximum atomic E-state index is 11.1. The van der Waals surface area contributed by atoms with Crippen LogP contribution >= 0.6 is 11.8 Å². The normalized spacial score (nSPS) is 29.9. The molecule has 2 heterocycles. The van der Waals surface area contributed by atoms with E-state index in [0.717, 1.165) is 5.57 Å². The van der Waals surface area contributed by atoms with E-state index in [4.69, 9.17) is 0 Å². The molecule has 1 atom stereocenters. The second-order valence-electron chi connectivity index (χ2n) is 2.23. The Balaban J connectivity index is 0.000000605. The zero-order valence-corrected chi connectivity index (χ0v) is 6.39. The molecule has 11 heavy (non-hydrogen) atoms. The summed E-state index contributed by atoms with van der Waals surface area (Å²) in [7, 11) is 0. The predicted octanol–water partition coefficient (Wildman–Crippen LogP) is 0.670. The molecule has 2 aliphatic heterocycles. The Labute approximate surface area is 92.0 Å². The third kappa shape index (κ3) is 1.20. The van der Waals surface area contributed by atoms with Crippen molar-refractivity contribution in [2.75, 3.05) is 0 Å². The van der Waals surface area contributed by atoms with Gasteiger partial charge in [-0.2, -0.15) is 0 Å². The summed E-state index contributed by atoms with van der Waals surface area (Å²) in [6, 6.07) is 0. The molecule has 0 spiro atoms. The average molecular weight is 177 g/mol. The van der Waals surface area contributed by atoms with Crippen molar-refractivity contribution in [3.05, 3.63) is 23.3 Å². The first-order chi connectivity index (χ1) is 4.84. The van der Waals surface area contributed by atoms with Crippen molar-refractivity contribution >= 4 is 47.2 Å². The molecule has 0 bridgehead atoms. The molecule has 0 unspecified atom stereocenters. The number of thioether (sulfide) groups is 1. The van der Waals surface area contributed by atoms with Crippen LogP contribution in [-0.2, 0) is 4.79 Å². The van der Waals surface area contributed by atoms with Gasteiger partial charge in [-0.15, -0.1) is 11.8 Å². The van der Waals surface area contributed by atoms with E-state index in [1.54, 1.807) is 16.7 Å². The number of carbonyl (C=O) groups is 1. The molecule has 1 fully saturated rings. The molecule has 0 aromatic heterocycles. The van der Waals surface area contributed by atoms with Crippen LogP contribution in [0.4, 0.5) is 0 Å². The molecule has 0 aromatic rings. The molecule has 0 N–H and O–H groups in total. The van der Waals surface area contributed by atoms with Crippen LogP contribution in [-0.4, -0.2) is 45.7 Å². The number of allylic oxidation sites excluding steroid dienone is 1. The van der Waals surface area contributed by atoms with Gasteiger partial charge in [0.15, 0.2) is 0 Å². The molecule has 0 radical (unpaired) electrons. The fraction of sp³-hybridized carbons (Fsp3) is 0.286. The van der Waals surface area contributed by atoms with Gasteiger partial charge in [-0.1, -0.05) is 6.08 Å². The van der Waals surface area contributed by atoms with E-state index in [1.807, 2.05) is 24.6 Å². The van der Waals surface area contributed by atoms with Gasteiger partial charge in [0.1, 0.15) is 5.37 Å². The van der Waals surface area contributed by atoms with E-state index in [1.165, 1.54) is 0 Å². The van der Waals surface area contributed by atoms with Crippen LogP contribution in [0.25, 0.3) is 0 Å². The molecule has 4 heteroatoms. The second-order valence-corrected chi connectivity index (χ2v) is 3.22. The number of nitrogens with zero attached hydrogens (tertiary/aromatic N) is 1. The molecule has 0 aliphatic carbocycles. The number of rotatable bonds is 0. The Morgan fingerprint density at radius 2 is 2.45 bits per heavy atom. The van der Waals surface area contributed by atoms with E-state index < -0.39 is 0 Å². The molecular weight excluding hydrogens is 169 g/mol. The summed E-state index contributed by atoms with van der Waals surface area (Å²) in [5.41, 5.74) is 0.940. The van der Waals surface area contributed by atoms with Gasteiger partial charge in [0.25, 0.3) is 5.91 Å². The summed E-state index contributed by atoms with van der Waals surface area (Å²) in [5.74, 6) is 0.161. The van der Waals surface area contributed by atoms with Gasteiger partial charge in [-0.05, 0) is 12.3 Å². The van der Waals surface area contributed by atoms with Crippen LogP contribution in [0.15, 0.2) is 23.3 Å². The molecule has 1 saturated heterocycles. The van der Waals surface area contributed by atoms with Gasteiger partial charge in [0.05, 0.1) is 0 Å². The molecule has 0 aromatic carbocycles. The van der Waals surface area contributed by atoms with Crippen molar-refractivity contribution in [3.8, 4) is 0 Å². The van der Waals surface area contributed by atoms with Gasteiger partial charge in [-0.3, -0.25) is 9.69 Å². The third-order valence-electron chi connectivity index (χ3n) is 1.74. The van der Waals surface area contributed by atoms with E-state index in [0.29, 0.717) is 5.37 Å². The minimum absolute atomic E-state index is 0. The molecule has 0 saturated carbocycles. The quantitative estimate of drug-likeness (QED) is 0.308. The topological polar surface area (TPSA) is 20.3 Å². The summed E-state index contributed by atoms with van der Waals surface area (Å²) in [6.07, 6.45) is 3.73. The zero-order chi connectivity index (χ0) is 7.14. The van der Waals surface area contributed by atoms with Crippen molar-refractivity contribution < 1.29 is 4.79 Å². The Hall–Kier alpha value is 0.300. The summed E-state index contributed by atoms with van der Waals surface area (Å²) in [6.45, 7) is 1.91. The van der Waals surface area contributed by atoms with Gasteiger partial charge in [-0.25, -0.2) is 0 Å². The van der Waals surface area contributed by atoms with Gasteiger partial charge >= 0.3 is 29.6 Å². The standard InChI is InChI=1S/C7H7NOS.Na.H/c1-2-5-6(9)8-3-4-10-7(5)8;;/h2-4,7H,1H3;;/b5-2-;;/t7-;;/m1../s1. The van der Waals surface area contributed by atoms with Crippen molar-refractivity contribution in [3.63, 3.8) is 0 Å². The Bertz CT molecular complexity index is 249. The van der Waals surface area contributed by atoms with Crippen LogP contribution in [0.2, 0.25) is 0 Å². The first-order valence-corrected chi connectivity index (χ1v) is 4.10. The van der Waals surface area contributed by atoms with Crippen molar-refractivity contribution in [2.45, 2.75) is 12.3 Å². The average Bonchev–Trinajstić information content (AvgIpc) is 2.33. The van der Waals surface area contributed by atoms with Crippen LogP contribution in [0, 0.1) is 0 Å². The summed E-state index contributed by atoms with van der Waals surface area (Å²) in [5, 5.41) is 2.26. The molecule has 2 nitrogen and oxygen atoms in total. The van der Waals surface area contributed by atoms with Crippen molar-refractivity contribution in [2.24, 2.45) is 0 Å². The predicted molar refractivity (Wildman–Crippen MR) is 48.3 cm³/mol. The Morgan fingerprint density at radius 3 is 3.09 bits per heavy atom.